The molecule has 3 heterocycles. The Labute approximate surface area is 157 Å². The van der Waals surface area contributed by atoms with E-state index < -0.39 is 23.5 Å². The summed E-state index contributed by atoms with van der Waals surface area (Å²) in [6.07, 6.45) is -2.12. The van der Waals surface area contributed by atoms with Crippen LogP contribution in [0.1, 0.15) is 24.9 Å². The van der Waals surface area contributed by atoms with Crippen LogP contribution in [0.4, 0.5) is 13.2 Å². The van der Waals surface area contributed by atoms with Crippen molar-refractivity contribution in [1.82, 2.24) is 19.4 Å². The number of pyridine rings is 1. The molecule has 1 atom stereocenters. The van der Waals surface area contributed by atoms with E-state index in [1.807, 2.05) is 0 Å². The summed E-state index contributed by atoms with van der Waals surface area (Å²) in [5.74, 6) is -0.168. The molecule has 0 spiro atoms. The van der Waals surface area contributed by atoms with E-state index in [0.29, 0.717) is 29.7 Å². The molecule has 3 aromatic rings. The van der Waals surface area contributed by atoms with Crippen LogP contribution >= 0.6 is 0 Å². The van der Waals surface area contributed by atoms with E-state index in [4.69, 9.17) is 0 Å². The van der Waals surface area contributed by atoms with Crippen LogP contribution < -0.4 is 5.69 Å². The maximum absolute atomic E-state index is 13.0. The van der Waals surface area contributed by atoms with Crippen LogP contribution in [-0.4, -0.2) is 38.4 Å². The number of likely N-dealkylation sites (tertiary alicyclic amines) is 1. The number of benzene rings is 1. The van der Waals surface area contributed by atoms with Gasteiger partial charge in [-0.1, -0.05) is 12.1 Å². The van der Waals surface area contributed by atoms with Gasteiger partial charge in [0.15, 0.2) is 5.65 Å². The first-order valence-corrected chi connectivity index (χ1v) is 8.82. The number of nitrogens with one attached hydrogen (secondary N) is 1. The number of carbonyl (C=O) groups is 1. The van der Waals surface area contributed by atoms with Gasteiger partial charge in [0, 0.05) is 24.8 Å². The summed E-state index contributed by atoms with van der Waals surface area (Å²) in [6.45, 7) is 2.95. The SMILES string of the molecule is CC(C(=O)N1CCC1)n1c(=O)[nH]c2ncc(-c3cccc(C(F)(F)F)c3)cc21. The fourth-order valence-electron chi connectivity index (χ4n) is 3.33. The zero-order valence-electron chi connectivity index (χ0n) is 15.0. The second-order valence-electron chi connectivity index (χ2n) is 6.83. The molecule has 1 aromatic carbocycles. The predicted octanol–water partition coefficient (Wildman–Crippen LogP) is 3.20. The summed E-state index contributed by atoms with van der Waals surface area (Å²) in [6, 6.07) is 5.74. The van der Waals surface area contributed by atoms with E-state index in [1.165, 1.54) is 16.8 Å². The van der Waals surface area contributed by atoms with Gasteiger partial charge in [-0.2, -0.15) is 13.2 Å². The number of alkyl halides is 3. The van der Waals surface area contributed by atoms with Crippen molar-refractivity contribution in [1.29, 1.82) is 0 Å². The van der Waals surface area contributed by atoms with Gasteiger partial charge >= 0.3 is 11.9 Å². The number of imidazole rings is 1. The van der Waals surface area contributed by atoms with Crippen molar-refractivity contribution in [3.8, 4) is 11.1 Å². The highest BCUT2D eigenvalue weighted by molar-refractivity contribution is 5.84. The van der Waals surface area contributed by atoms with Crippen LogP contribution in [0.2, 0.25) is 0 Å². The van der Waals surface area contributed by atoms with Crippen molar-refractivity contribution in [2.24, 2.45) is 0 Å². The highest BCUT2D eigenvalue weighted by atomic mass is 19.4. The lowest BCUT2D eigenvalue weighted by atomic mass is 10.0. The minimum atomic E-state index is -4.46. The molecule has 1 aliphatic heterocycles. The van der Waals surface area contributed by atoms with Crippen molar-refractivity contribution in [2.45, 2.75) is 25.6 Å². The van der Waals surface area contributed by atoms with Crippen LogP contribution in [0.5, 0.6) is 0 Å². The number of fused-ring (bicyclic) bond motifs is 1. The topological polar surface area (TPSA) is 71.0 Å². The van der Waals surface area contributed by atoms with Gasteiger partial charge in [0.05, 0.1) is 11.1 Å². The first kappa shape index (κ1) is 18.3. The average molecular weight is 390 g/mol. The maximum Gasteiger partial charge on any atom is 0.416 e. The standard InChI is InChI=1S/C19H17F3N4O2/c1-11(17(27)25-6-3-7-25)26-15-9-13(10-23-16(15)24-18(26)28)12-4-2-5-14(8-12)19(20,21)22/h2,4-5,8-11H,3,6-7H2,1H3,(H,23,24,28). The molecule has 1 saturated heterocycles. The number of hydrogen-bond acceptors (Lipinski definition) is 3. The molecule has 0 bridgehead atoms. The van der Waals surface area contributed by atoms with Crippen molar-refractivity contribution in [3.05, 3.63) is 52.6 Å². The molecule has 146 valence electrons. The lowest BCUT2D eigenvalue weighted by Crippen LogP contribution is -2.46. The normalized spacial score (nSPS) is 15.5. The summed E-state index contributed by atoms with van der Waals surface area (Å²) in [7, 11) is 0. The van der Waals surface area contributed by atoms with E-state index in [0.717, 1.165) is 18.6 Å². The Hall–Kier alpha value is -3.10. The number of carbonyl (C=O) groups excluding carboxylic acids is 1. The molecule has 1 N–H and O–H groups in total. The van der Waals surface area contributed by atoms with E-state index in [2.05, 4.69) is 9.97 Å². The molecule has 1 fully saturated rings. The monoisotopic (exact) mass is 390 g/mol. The van der Waals surface area contributed by atoms with Crippen LogP contribution in [0.25, 0.3) is 22.3 Å². The molecule has 2 aromatic heterocycles. The third-order valence-electron chi connectivity index (χ3n) is 5.01. The van der Waals surface area contributed by atoms with Gasteiger partial charge in [-0.3, -0.25) is 14.3 Å². The van der Waals surface area contributed by atoms with E-state index in [9.17, 15) is 22.8 Å². The highest BCUT2D eigenvalue weighted by Crippen LogP contribution is 2.32. The highest BCUT2D eigenvalue weighted by Gasteiger charge is 2.31. The Morgan fingerprint density at radius 3 is 2.61 bits per heavy atom. The maximum atomic E-state index is 13.0. The van der Waals surface area contributed by atoms with Gasteiger partial charge in [0.1, 0.15) is 6.04 Å². The molecule has 0 radical (unpaired) electrons. The number of nitrogens with zero attached hydrogens (tertiary/aromatic N) is 3. The Kier molecular flexibility index (Phi) is 4.24. The third-order valence-corrected chi connectivity index (χ3v) is 5.01. The zero-order valence-corrected chi connectivity index (χ0v) is 15.0. The summed E-state index contributed by atoms with van der Waals surface area (Å²) in [4.78, 5) is 33.4. The Bertz CT molecular complexity index is 1110. The molecule has 4 rings (SSSR count). The zero-order chi connectivity index (χ0) is 20.1. The van der Waals surface area contributed by atoms with E-state index in [1.54, 1.807) is 24.0 Å². The summed E-state index contributed by atoms with van der Waals surface area (Å²) >= 11 is 0. The number of rotatable bonds is 3. The fourth-order valence-corrected chi connectivity index (χ4v) is 3.33. The molecule has 1 amide bonds. The van der Waals surface area contributed by atoms with Crippen LogP contribution in [-0.2, 0) is 11.0 Å². The van der Waals surface area contributed by atoms with E-state index in [-0.39, 0.29) is 11.6 Å². The minimum absolute atomic E-state index is 0.168. The first-order chi connectivity index (χ1) is 13.3. The Balaban J connectivity index is 1.79. The van der Waals surface area contributed by atoms with Gasteiger partial charge in [0.25, 0.3) is 0 Å². The number of H-pyrrole nitrogens is 1. The number of halogens is 3. The average Bonchev–Trinajstić information content (AvgIpc) is 2.93. The molecular weight excluding hydrogens is 373 g/mol. The predicted molar refractivity (Wildman–Crippen MR) is 96.7 cm³/mol. The third kappa shape index (κ3) is 3.06. The van der Waals surface area contributed by atoms with Crippen molar-refractivity contribution in [2.75, 3.05) is 13.1 Å². The van der Waals surface area contributed by atoms with Crippen LogP contribution in [0.3, 0.4) is 0 Å². The van der Waals surface area contributed by atoms with Crippen molar-refractivity contribution >= 4 is 17.1 Å². The fraction of sp³-hybridized carbons (Fsp3) is 0.316. The Morgan fingerprint density at radius 1 is 1.21 bits per heavy atom. The largest absolute Gasteiger partial charge is 0.416 e. The lowest BCUT2D eigenvalue weighted by Gasteiger charge is -2.33. The summed E-state index contributed by atoms with van der Waals surface area (Å²) < 4.78 is 40.3. The van der Waals surface area contributed by atoms with Crippen LogP contribution in [0.15, 0.2) is 41.3 Å². The molecule has 28 heavy (non-hydrogen) atoms. The van der Waals surface area contributed by atoms with Gasteiger partial charge in [-0.25, -0.2) is 9.78 Å². The quantitative estimate of drug-likeness (QED) is 0.747. The summed E-state index contributed by atoms with van der Waals surface area (Å²) in [5, 5.41) is 0. The minimum Gasteiger partial charge on any atom is -0.341 e. The molecule has 0 aliphatic carbocycles. The first-order valence-electron chi connectivity index (χ1n) is 8.82. The number of aromatic amines is 1. The molecule has 1 unspecified atom stereocenters. The number of amides is 1. The van der Waals surface area contributed by atoms with Crippen molar-refractivity contribution in [3.63, 3.8) is 0 Å². The van der Waals surface area contributed by atoms with Crippen LogP contribution in [0, 0.1) is 0 Å². The number of aromatic nitrogens is 3. The molecule has 9 heteroatoms. The molecule has 6 nitrogen and oxygen atoms in total. The van der Waals surface area contributed by atoms with Crippen molar-refractivity contribution < 1.29 is 18.0 Å². The molecule has 1 aliphatic rings. The van der Waals surface area contributed by atoms with Gasteiger partial charge in [0.2, 0.25) is 5.91 Å². The Morgan fingerprint density at radius 2 is 1.96 bits per heavy atom. The van der Waals surface area contributed by atoms with Gasteiger partial charge < -0.3 is 4.90 Å². The van der Waals surface area contributed by atoms with Gasteiger partial charge in [-0.15, -0.1) is 0 Å². The second-order valence-corrected chi connectivity index (χ2v) is 6.83. The van der Waals surface area contributed by atoms with Gasteiger partial charge in [-0.05, 0) is 37.1 Å². The lowest BCUT2D eigenvalue weighted by molar-refractivity contribution is -0.138. The second kappa shape index (κ2) is 6.50. The smallest absolute Gasteiger partial charge is 0.341 e. The molecule has 0 saturated carbocycles. The number of hydrogen-bond donors (Lipinski definition) is 1. The summed E-state index contributed by atoms with van der Waals surface area (Å²) in [5.41, 5.74) is 0.161. The van der Waals surface area contributed by atoms with E-state index >= 15 is 0 Å². The molecular formula is C19H17F3N4O2.